The fourth-order valence-electron chi connectivity index (χ4n) is 0.485. The van der Waals surface area contributed by atoms with E-state index >= 15 is 0 Å². The second kappa shape index (κ2) is 2.77. The van der Waals surface area contributed by atoms with Crippen molar-refractivity contribution >= 4 is 0 Å². The Bertz CT molecular complexity index is 258. The molecule has 0 N–H and O–H groups in total. The van der Waals surface area contributed by atoms with Gasteiger partial charge in [0, 0.05) is 12.3 Å². The van der Waals surface area contributed by atoms with Gasteiger partial charge in [0.1, 0.15) is 0 Å². The lowest BCUT2D eigenvalue weighted by molar-refractivity contribution is -0.276. The van der Waals surface area contributed by atoms with Gasteiger partial charge in [0.2, 0.25) is 5.88 Å². The number of hydrogen-bond acceptors (Lipinski definition) is 2. The number of ether oxygens (including phenoxy) is 1. The minimum Gasteiger partial charge on any atom is -0.388 e. The lowest BCUT2D eigenvalue weighted by Gasteiger charge is -2.05. The average molecular weight is 164 g/mol. The summed E-state index contributed by atoms with van der Waals surface area (Å²) in [6, 6.07) is 2.17. The highest BCUT2D eigenvalue weighted by Gasteiger charge is 2.31. The van der Waals surface area contributed by atoms with E-state index in [0.717, 1.165) is 18.3 Å². The molecule has 60 valence electrons. The van der Waals surface area contributed by atoms with E-state index in [1.54, 1.807) is 0 Å². The maximum atomic E-state index is 11.5. The molecule has 0 saturated carbocycles. The Hall–Kier alpha value is -1.26. The van der Waals surface area contributed by atoms with Crippen LogP contribution in [0.1, 0.15) is 1.37 Å². The first kappa shape index (κ1) is 6.45. The van der Waals surface area contributed by atoms with Gasteiger partial charge in [-0.25, -0.2) is 4.98 Å². The zero-order valence-corrected chi connectivity index (χ0v) is 5.22. The molecule has 1 rings (SSSR count). The van der Waals surface area contributed by atoms with Crippen LogP contribution >= 0.6 is 0 Å². The number of aromatic nitrogens is 1. The van der Waals surface area contributed by atoms with E-state index < -0.39 is 12.2 Å². The van der Waals surface area contributed by atoms with Crippen LogP contribution in [0, 0.1) is 0 Å². The standard InChI is InChI=1S/C6H4F3NO/c7-6(8,9)11-5-3-1-2-4-10-5/h1-4H/i2D. The van der Waals surface area contributed by atoms with Crippen molar-refractivity contribution in [2.75, 3.05) is 0 Å². The van der Waals surface area contributed by atoms with Crippen LogP contribution in [0.25, 0.3) is 0 Å². The van der Waals surface area contributed by atoms with Gasteiger partial charge < -0.3 is 4.74 Å². The minimum atomic E-state index is -4.73. The van der Waals surface area contributed by atoms with Gasteiger partial charge in [-0.2, -0.15) is 0 Å². The second-order valence-electron chi connectivity index (χ2n) is 1.64. The van der Waals surface area contributed by atoms with Crippen molar-refractivity contribution in [3.8, 4) is 5.88 Å². The molecule has 1 aromatic heterocycles. The van der Waals surface area contributed by atoms with Crippen LogP contribution in [0.4, 0.5) is 13.2 Å². The lowest BCUT2D eigenvalue weighted by Crippen LogP contribution is -2.17. The SMILES string of the molecule is [2H]c1ccc(OC(F)(F)F)nc1. The molecule has 0 spiro atoms. The fourth-order valence-corrected chi connectivity index (χ4v) is 0.485. The maximum Gasteiger partial charge on any atom is 0.574 e. The van der Waals surface area contributed by atoms with Crippen molar-refractivity contribution < 1.29 is 19.3 Å². The topological polar surface area (TPSA) is 22.1 Å². The van der Waals surface area contributed by atoms with Crippen LogP contribution in [0.3, 0.4) is 0 Å². The van der Waals surface area contributed by atoms with Crippen LogP contribution in [0.15, 0.2) is 24.4 Å². The van der Waals surface area contributed by atoms with Gasteiger partial charge in [-0.1, -0.05) is 6.07 Å². The van der Waals surface area contributed by atoms with E-state index in [1.807, 2.05) is 0 Å². The van der Waals surface area contributed by atoms with Crippen LogP contribution in [-0.4, -0.2) is 11.3 Å². The summed E-state index contributed by atoms with van der Waals surface area (Å²) in [7, 11) is 0. The predicted molar refractivity (Wildman–Crippen MR) is 30.9 cm³/mol. The van der Waals surface area contributed by atoms with Gasteiger partial charge in [0.15, 0.2) is 0 Å². The van der Waals surface area contributed by atoms with Crippen molar-refractivity contribution in [3.05, 3.63) is 24.4 Å². The Morgan fingerprint density at radius 2 is 2.27 bits per heavy atom. The van der Waals surface area contributed by atoms with E-state index in [2.05, 4.69) is 9.72 Å². The molecule has 11 heavy (non-hydrogen) atoms. The summed E-state index contributed by atoms with van der Waals surface area (Å²) in [5, 5.41) is 0. The Labute approximate surface area is 62.0 Å². The van der Waals surface area contributed by atoms with Gasteiger partial charge in [-0.3, -0.25) is 0 Å². The van der Waals surface area contributed by atoms with Gasteiger partial charge >= 0.3 is 6.36 Å². The van der Waals surface area contributed by atoms with Crippen LogP contribution in [0.2, 0.25) is 0 Å². The number of alkyl halides is 3. The zero-order chi connectivity index (χ0) is 9.19. The first-order chi connectivity index (χ1) is 5.47. The van der Waals surface area contributed by atoms with E-state index in [4.69, 9.17) is 1.37 Å². The van der Waals surface area contributed by atoms with Crippen molar-refractivity contribution in [2.45, 2.75) is 6.36 Å². The normalized spacial score (nSPS) is 12.5. The number of pyridine rings is 1. The third-order valence-electron chi connectivity index (χ3n) is 0.809. The molecule has 5 heteroatoms. The quantitative estimate of drug-likeness (QED) is 0.633. The highest BCUT2D eigenvalue weighted by molar-refractivity contribution is 5.09. The number of nitrogens with zero attached hydrogens (tertiary/aromatic N) is 1. The zero-order valence-electron chi connectivity index (χ0n) is 6.22. The van der Waals surface area contributed by atoms with Crippen molar-refractivity contribution in [1.82, 2.24) is 4.98 Å². The van der Waals surface area contributed by atoms with E-state index in [1.165, 1.54) is 0 Å². The molecule has 2 nitrogen and oxygen atoms in total. The molecule has 0 aliphatic heterocycles. The third-order valence-corrected chi connectivity index (χ3v) is 0.809. The van der Waals surface area contributed by atoms with Crippen LogP contribution in [-0.2, 0) is 0 Å². The van der Waals surface area contributed by atoms with Crippen molar-refractivity contribution in [2.24, 2.45) is 0 Å². The molecule has 0 radical (unpaired) electrons. The van der Waals surface area contributed by atoms with Gasteiger partial charge in [-0.05, 0) is 6.04 Å². The lowest BCUT2D eigenvalue weighted by atomic mass is 10.5. The molecule has 0 atom stereocenters. The minimum absolute atomic E-state index is 0.0320. The van der Waals surface area contributed by atoms with Crippen molar-refractivity contribution in [3.63, 3.8) is 0 Å². The number of hydrogen-bond donors (Lipinski definition) is 0. The first-order valence-corrected chi connectivity index (χ1v) is 2.66. The van der Waals surface area contributed by atoms with Gasteiger partial charge in [0.05, 0.1) is 1.37 Å². The summed E-state index contributed by atoms with van der Waals surface area (Å²) in [5.74, 6) is -0.557. The molecule has 1 heterocycles. The summed E-state index contributed by atoms with van der Waals surface area (Å²) in [6.07, 6.45) is -3.75. The van der Waals surface area contributed by atoms with Crippen LogP contribution < -0.4 is 4.74 Å². The molecule has 0 aromatic carbocycles. The number of halogens is 3. The molecule has 0 unspecified atom stereocenters. The molecule has 0 amide bonds. The Kier molecular flexibility index (Phi) is 1.63. The molecule has 0 aliphatic carbocycles. The van der Waals surface area contributed by atoms with E-state index in [9.17, 15) is 13.2 Å². The fraction of sp³-hybridized carbons (Fsp3) is 0.167. The monoisotopic (exact) mass is 164 g/mol. The third kappa shape index (κ3) is 2.88. The van der Waals surface area contributed by atoms with Crippen molar-refractivity contribution in [1.29, 1.82) is 0 Å². The highest BCUT2D eigenvalue weighted by atomic mass is 19.4. The second-order valence-corrected chi connectivity index (χ2v) is 1.64. The Balaban J connectivity index is 2.71. The average Bonchev–Trinajstić information content (AvgIpc) is 1.91. The number of rotatable bonds is 1. The molecule has 1 aromatic rings. The summed E-state index contributed by atoms with van der Waals surface area (Å²) in [4.78, 5) is 3.23. The largest absolute Gasteiger partial charge is 0.574 e. The van der Waals surface area contributed by atoms with E-state index in [0.29, 0.717) is 0 Å². The molecular formula is C6H4F3NO. The molecule has 0 bridgehead atoms. The predicted octanol–water partition coefficient (Wildman–Crippen LogP) is 1.98. The Morgan fingerprint density at radius 3 is 2.73 bits per heavy atom. The Morgan fingerprint density at radius 1 is 1.55 bits per heavy atom. The maximum absolute atomic E-state index is 11.5. The summed E-state index contributed by atoms with van der Waals surface area (Å²) >= 11 is 0. The summed E-state index contributed by atoms with van der Waals surface area (Å²) < 4.78 is 45.0. The highest BCUT2D eigenvalue weighted by Crippen LogP contribution is 2.19. The van der Waals surface area contributed by atoms with Crippen LogP contribution in [0.5, 0.6) is 5.88 Å². The molecular weight excluding hydrogens is 159 g/mol. The van der Waals surface area contributed by atoms with E-state index in [-0.39, 0.29) is 6.04 Å². The summed E-state index contributed by atoms with van der Waals surface area (Å²) in [6.45, 7) is 0. The first-order valence-electron chi connectivity index (χ1n) is 3.16. The summed E-state index contributed by atoms with van der Waals surface area (Å²) in [5.41, 5.74) is 0. The molecule has 0 aliphatic rings. The van der Waals surface area contributed by atoms with Gasteiger partial charge in [0.25, 0.3) is 0 Å². The van der Waals surface area contributed by atoms with Gasteiger partial charge in [-0.15, -0.1) is 13.2 Å². The molecule has 0 fully saturated rings. The molecule has 0 saturated heterocycles. The smallest absolute Gasteiger partial charge is 0.388 e.